The van der Waals surface area contributed by atoms with E-state index < -0.39 is 0 Å². The molecular weight excluding hydrogens is 126 g/mol. The normalized spacial score (nSPS) is 54.3. The van der Waals surface area contributed by atoms with E-state index in [-0.39, 0.29) is 0 Å². The third kappa shape index (κ3) is 0.424. The summed E-state index contributed by atoms with van der Waals surface area (Å²) in [5, 5.41) is 3.57. The maximum Gasteiger partial charge on any atom is 0.0688 e. The van der Waals surface area contributed by atoms with Crippen LogP contribution >= 0.6 is 0 Å². The van der Waals surface area contributed by atoms with E-state index in [2.05, 4.69) is 12.2 Å². The van der Waals surface area contributed by atoms with Crippen LogP contribution in [0, 0.1) is 17.8 Å². The minimum atomic E-state index is 0.448. The van der Waals surface area contributed by atoms with Crippen LogP contribution in [-0.4, -0.2) is 25.3 Å². The SMILES string of the molecule is CC1C2CNC3(COC3)[C@H]12. The Labute approximate surface area is 60.9 Å². The van der Waals surface area contributed by atoms with Gasteiger partial charge in [-0.2, -0.15) is 0 Å². The maximum atomic E-state index is 5.24. The van der Waals surface area contributed by atoms with Crippen molar-refractivity contribution in [2.75, 3.05) is 19.8 Å². The van der Waals surface area contributed by atoms with E-state index >= 15 is 0 Å². The summed E-state index contributed by atoms with van der Waals surface area (Å²) in [6.45, 7) is 5.56. The van der Waals surface area contributed by atoms with Crippen molar-refractivity contribution in [3.8, 4) is 0 Å². The fourth-order valence-electron chi connectivity index (χ4n) is 2.83. The molecule has 0 amide bonds. The van der Waals surface area contributed by atoms with Gasteiger partial charge in [-0.05, 0) is 24.3 Å². The molecular formula is C8H13NO. The van der Waals surface area contributed by atoms with Gasteiger partial charge in [0, 0.05) is 0 Å². The Morgan fingerprint density at radius 2 is 2.30 bits per heavy atom. The Hall–Kier alpha value is -0.0800. The van der Waals surface area contributed by atoms with Gasteiger partial charge in [-0.15, -0.1) is 0 Å². The molecule has 1 saturated carbocycles. The summed E-state index contributed by atoms with van der Waals surface area (Å²) in [6, 6.07) is 0. The van der Waals surface area contributed by atoms with E-state index in [1.165, 1.54) is 6.54 Å². The van der Waals surface area contributed by atoms with Gasteiger partial charge < -0.3 is 10.1 Å². The van der Waals surface area contributed by atoms with Crippen LogP contribution in [0.5, 0.6) is 0 Å². The molecule has 0 aromatic heterocycles. The fraction of sp³-hybridized carbons (Fsp3) is 1.00. The van der Waals surface area contributed by atoms with Gasteiger partial charge in [0.1, 0.15) is 0 Å². The molecule has 1 aliphatic carbocycles. The van der Waals surface area contributed by atoms with Crippen molar-refractivity contribution in [2.24, 2.45) is 17.8 Å². The number of rotatable bonds is 0. The molecule has 2 heteroatoms. The lowest BCUT2D eigenvalue weighted by Crippen LogP contribution is -2.60. The summed E-state index contributed by atoms with van der Waals surface area (Å²) in [6.07, 6.45) is 0. The van der Waals surface area contributed by atoms with Gasteiger partial charge >= 0.3 is 0 Å². The van der Waals surface area contributed by atoms with Crippen molar-refractivity contribution in [3.05, 3.63) is 0 Å². The Balaban J connectivity index is 1.87. The monoisotopic (exact) mass is 139 g/mol. The van der Waals surface area contributed by atoms with Crippen LogP contribution in [0.1, 0.15) is 6.92 Å². The summed E-state index contributed by atoms with van der Waals surface area (Å²) in [5.41, 5.74) is 0.448. The number of fused-ring (bicyclic) bond motifs is 2. The summed E-state index contributed by atoms with van der Waals surface area (Å²) < 4.78 is 5.24. The van der Waals surface area contributed by atoms with Gasteiger partial charge in [0.2, 0.25) is 0 Å². The highest BCUT2D eigenvalue weighted by molar-refractivity contribution is 5.19. The first-order valence-electron chi connectivity index (χ1n) is 4.16. The standard InChI is InChI=1S/C8H13NO/c1-5-6-2-9-8(7(5)6)3-10-4-8/h5-7,9H,2-4H2,1H3/t5?,6?,7-/m1/s1. The lowest BCUT2D eigenvalue weighted by atomic mass is 9.91. The Kier molecular flexibility index (Phi) is 0.783. The highest BCUT2D eigenvalue weighted by atomic mass is 16.5. The molecule has 2 aliphatic heterocycles. The topological polar surface area (TPSA) is 21.3 Å². The van der Waals surface area contributed by atoms with Crippen LogP contribution in [0.3, 0.4) is 0 Å². The summed E-state index contributed by atoms with van der Waals surface area (Å²) in [4.78, 5) is 0. The zero-order valence-corrected chi connectivity index (χ0v) is 6.26. The van der Waals surface area contributed by atoms with Gasteiger partial charge in [0.25, 0.3) is 0 Å². The minimum absolute atomic E-state index is 0.448. The highest BCUT2D eigenvalue weighted by Crippen LogP contribution is 2.58. The fourth-order valence-corrected chi connectivity index (χ4v) is 2.83. The maximum absolute atomic E-state index is 5.24. The predicted molar refractivity (Wildman–Crippen MR) is 37.7 cm³/mol. The molecule has 2 heterocycles. The average Bonchev–Trinajstić information content (AvgIpc) is 2.42. The van der Waals surface area contributed by atoms with E-state index in [4.69, 9.17) is 4.74 Å². The first-order valence-corrected chi connectivity index (χ1v) is 4.16. The number of hydrogen-bond donors (Lipinski definition) is 1. The largest absolute Gasteiger partial charge is 0.377 e. The van der Waals surface area contributed by atoms with Crippen LogP contribution < -0.4 is 5.32 Å². The van der Waals surface area contributed by atoms with Crippen molar-refractivity contribution in [1.82, 2.24) is 5.32 Å². The number of hydrogen-bond acceptors (Lipinski definition) is 2. The zero-order valence-electron chi connectivity index (χ0n) is 6.26. The van der Waals surface area contributed by atoms with Crippen molar-refractivity contribution < 1.29 is 4.74 Å². The molecule has 10 heavy (non-hydrogen) atoms. The third-order valence-corrected chi connectivity index (χ3v) is 3.61. The predicted octanol–water partition coefficient (Wildman–Crippen LogP) is 0.241. The molecule has 0 aromatic carbocycles. The lowest BCUT2D eigenvalue weighted by Gasteiger charge is -2.40. The van der Waals surface area contributed by atoms with E-state index in [0.29, 0.717) is 5.54 Å². The van der Waals surface area contributed by atoms with Crippen LogP contribution in [0.15, 0.2) is 0 Å². The van der Waals surface area contributed by atoms with Gasteiger partial charge in [-0.3, -0.25) is 0 Å². The van der Waals surface area contributed by atoms with E-state index in [1.54, 1.807) is 0 Å². The molecule has 3 atom stereocenters. The molecule has 0 radical (unpaired) electrons. The lowest BCUT2D eigenvalue weighted by molar-refractivity contribution is -0.0790. The van der Waals surface area contributed by atoms with Crippen molar-refractivity contribution >= 4 is 0 Å². The Morgan fingerprint density at radius 1 is 1.50 bits per heavy atom. The van der Waals surface area contributed by atoms with Crippen LogP contribution in [-0.2, 0) is 4.74 Å². The molecule has 2 saturated heterocycles. The first-order chi connectivity index (χ1) is 4.83. The number of piperidine rings is 1. The molecule has 0 aromatic rings. The third-order valence-electron chi connectivity index (χ3n) is 3.61. The highest BCUT2D eigenvalue weighted by Gasteiger charge is 2.65. The van der Waals surface area contributed by atoms with Crippen molar-refractivity contribution in [2.45, 2.75) is 12.5 Å². The van der Waals surface area contributed by atoms with Crippen molar-refractivity contribution in [3.63, 3.8) is 0 Å². The van der Waals surface area contributed by atoms with Gasteiger partial charge in [-0.1, -0.05) is 6.92 Å². The Bertz CT molecular complexity index is 176. The number of ether oxygens (including phenoxy) is 1. The molecule has 3 aliphatic rings. The molecule has 56 valence electrons. The van der Waals surface area contributed by atoms with Gasteiger partial charge in [-0.25, -0.2) is 0 Å². The second-order valence-electron chi connectivity index (χ2n) is 4.08. The summed E-state index contributed by atoms with van der Waals surface area (Å²) in [7, 11) is 0. The second-order valence-corrected chi connectivity index (χ2v) is 4.08. The van der Waals surface area contributed by atoms with E-state index in [9.17, 15) is 0 Å². The molecule has 2 unspecified atom stereocenters. The van der Waals surface area contributed by atoms with E-state index in [1.807, 2.05) is 0 Å². The Morgan fingerprint density at radius 3 is 2.60 bits per heavy atom. The smallest absolute Gasteiger partial charge is 0.0688 e. The quantitative estimate of drug-likeness (QED) is 0.519. The molecule has 3 rings (SSSR count). The second kappa shape index (κ2) is 1.41. The average molecular weight is 139 g/mol. The van der Waals surface area contributed by atoms with Crippen LogP contribution in [0.4, 0.5) is 0 Å². The molecule has 1 N–H and O–H groups in total. The summed E-state index contributed by atoms with van der Waals surface area (Å²) >= 11 is 0. The molecule has 3 fully saturated rings. The number of nitrogens with one attached hydrogen (secondary N) is 1. The van der Waals surface area contributed by atoms with Crippen LogP contribution in [0.2, 0.25) is 0 Å². The van der Waals surface area contributed by atoms with Gasteiger partial charge in [0.05, 0.1) is 18.8 Å². The first kappa shape index (κ1) is 5.56. The molecule has 2 nitrogen and oxygen atoms in total. The molecule has 0 bridgehead atoms. The van der Waals surface area contributed by atoms with Crippen LogP contribution in [0.25, 0.3) is 0 Å². The van der Waals surface area contributed by atoms with Gasteiger partial charge in [0.15, 0.2) is 0 Å². The van der Waals surface area contributed by atoms with E-state index in [0.717, 1.165) is 31.0 Å². The summed E-state index contributed by atoms with van der Waals surface area (Å²) in [5.74, 6) is 2.93. The van der Waals surface area contributed by atoms with Crippen molar-refractivity contribution in [1.29, 1.82) is 0 Å². The minimum Gasteiger partial charge on any atom is -0.377 e. The molecule has 1 spiro atoms. The zero-order chi connectivity index (χ0) is 6.77.